The van der Waals surface area contributed by atoms with Crippen LogP contribution in [0, 0.1) is 5.92 Å². The van der Waals surface area contributed by atoms with E-state index in [9.17, 15) is 9.59 Å². The third kappa shape index (κ3) is 4.79. The highest BCUT2D eigenvalue weighted by Gasteiger charge is 2.24. The molecule has 6 heteroatoms. The second kappa shape index (κ2) is 7.37. The number of nitrogens with one attached hydrogen (secondary N) is 1. The van der Waals surface area contributed by atoms with Gasteiger partial charge >= 0.3 is 5.97 Å². The molecule has 0 heterocycles. The summed E-state index contributed by atoms with van der Waals surface area (Å²) in [6, 6.07) is 6.08. The van der Waals surface area contributed by atoms with E-state index in [1.165, 1.54) is 7.11 Å². The highest BCUT2D eigenvalue weighted by molar-refractivity contribution is 5.85. The Morgan fingerprint density at radius 3 is 2.60 bits per heavy atom. The number of nitrogen functional groups attached to an aromatic ring is 1. The molecule has 1 amide bonds. The molecule has 1 aromatic rings. The predicted molar refractivity (Wildman–Crippen MR) is 75.1 cm³/mol. The normalized spacial score (nSPS) is 11.8. The van der Waals surface area contributed by atoms with Gasteiger partial charge in [0, 0.05) is 11.8 Å². The Balaban J connectivity index is 2.52. The Bertz CT molecular complexity index is 474. The number of hydrogen-bond acceptors (Lipinski definition) is 5. The van der Waals surface area contributed by atoms with Crippen LogP contribution in [0.2, 0.25) is 0 Å². The van der Waals surface area contributed by atoms with Crippen LogP contribution < -0.4 is 15.8 Å². The predicted octanol–water partition coefficient (Wildman–Crippen LogP) is 0.961. The Morgan fingerprint density at radius 2 is 2.05 bits per heavy atom. The third-order valence-electron chi connectivity index (χ3n) is 2.67. The molecular weight excluding hydrogens is 260 g/mol. The first-order valence-corrected chi connectivity index (χ1v) is 6.29. The molecule has 0 saturated heterocycles. The fourth-order valence-electron chi connectivity index (χ4n) is 1.59. The van der Waals surface area contributed by atoms with Crippen molar-refractivity contribution >= 4 is 17.6 Å². The summed E-state index contributed by atoms with van der Waals surface area (Å²) in [6.45, 7) is 3.45. The lowest BCUT2D eigenvalue weighted by atomic mass is 10.0. The van der Waals surface area contributed by atoms with Gasteiger partial charge < -0.3 is 20.5 Å². The van der Waals surface area contributed by atoms with E-state index >= 15 is 0 Å². The lowest BCUT2D eigenvalue weighted by Gasteiger charge is -2.19. The molecule has 0 saturated carbocycles. The average Bonchev–Trinajstić information content (AvgIpc) is 2.41. The number of anilines is 1. The van der Waals surface area contributed by atoms with Crippen molar-refractivity contribution < 1.29 is 19.1 Å². The molecule has 110 valence electrons. The Labute approximate surface area is 118 Å². The number of ether oxygens (including phenoxy) is 2. The number of methoxy groups -OCH3 is 1. The zero-order chi connectivity index (χ0) is 15.1. The Kier molecular flexibility index (Phi) is 5.83. The van der Waals surface area contributed by atoms with Gasteiger partial charge in [-0.15, -0.1) is 0 Å². The summed E-state index contributed by atoms with van der Waals surface area (Å²) in [6.07, 6.45) is 0. The lowest BCUT2D eigenvalue weighted by molar-refractivity contribution is -0.146. The summed E-state index contributed by atoms with van der Waals surface area (Å²) in [5.74, 6) is -0.438. The van der Waals surface area contributed by atoms with Crippen LogP contribution in [-0.4, -0.2) is 31.6 Å². The van der Waals surface area contributed by atoms with Crippen molar-refractivity contribution in [3.8, 4) is 5.75 Å². The van der Waals surface area contributed by atoms with E-state index in [0.29, 0.717) is 11.4 Å². The topological polar surface area (TPSA) is 90.6 Å². The summed E-state index contributed by atoms with van der Waals surface area (Å²) < 4.78 is 9.94. The zero-order valence-corrected chi connectivity index (χ0v) is 11.9. The minimum atomic E-state index is -0.683. The van der Waals surface area contributed by atoms with E-state index < -0.39 is 17.9 Å². The van der Waals surface area contributed by atoms with Crippen molar-refractivity contribution in [3.63, 3.8) is 0 Å². The van der Waals surface area contributed by atoms with Crippen LogP contribution in [0.3, 0.4) is 0 Å². The van der Waals surface area contributed by atoms with Gasteiger partial charge in [0.05, 0.1) is 7.11 Å². The van der Waals surface area contributed by atoms with Crippen molar-refractivity contribution in [1.82, 2.24) is 5.32 Å². The number of esters is 1. The molecule has 0 bridgehead atoms. The van der Waals surface area contributed by atoms with E-state index in [2.05, 4.69) is 10.1 Å². The van der Waals surface area contributed by atoms with Gasteiger partial charge in [0.25, 0.3) is 5.91 Å². The van der Waals surface area contributed by atoms with Gasteiger partial charge in [0.15, 0.2) is 6.61 Å². The molecule has 3 N–H and O–H groups in total. The summed E-state index contributed by atoms with van der Waals surface area (Å²) in [5.41, 5.74) is 6.15. The van der Waals surface area contributed by atoms with Crippen molar-refractivity contribution in [2.75, 3.05) is 19.5 Å². The number of rotatable bonds is 6. The minimum Gasteiger partial charge on any atom is -0.484 e. The average molecular weight is 280 g/mol. The first-order chi connectivity index (χ1) is 9.43. The van der Waals surface area contributed by atoms with Crippen molar-refractivity contribution in [2.24, 2.45) is 5.92 Å². The zero-order valence-electron chi connectivity index (χ0n) is 11.9. The fraction of sp³-hybridized carbons (Fsp3) is 0.429. The van der Waals surface area contributed by atoms with Crippen LogP contribution in [0.4, 0.5) is 5.69 Å². The van der Waals surface area contributed by atoms with E-state index in [4.69, 9.17) is 10.5 Å². The smallest absolute Gasteiger partial charge is 0.328 e. The number of carbonyl (C=O) groups is 2. The highest BCUT2D eigenvalue weighted by Crippen LogP contribution is 2.14. The SMILES string of the molecule is COC(=O)C(NC(=O)COc1cccc(N)c1)C(C)C. The van der Waals surface area contributed by atoms with Gasteiger partial charge in [0.1, 0.15) is 11.8 Å². The number of benzene rings is 1. The summed E-state index contributed by atoms with van der Waals surface area (Å²) in [5, 5.41) is 2.58. The summed E-state index contributed by atoms with van der Waals surface area (Å²) in [7, 11) is 1.28. The quantitative estimate of drug-likeness (QED) is 0.598. The van der Waals surface area contributed by atoms with Crippen LogP contribution in [-0.2, 0) is 14.3 Å². The maximum Gasteiger partial charge on any atom is 0.328 e. The molecule has 0 aliphatic heterocycles. The molecule has 0 aliphatic rings. The van der Waals surface area contributed by atoms with Crippen LogP contribution in [0.15, 0.2) is 24.3 Å². The Morgan fingerprint density at radius 1 is 1.35 bits per heavy atom. The van der Waals surface area contributed by atoms with Gasteiger partial charge in [0.2, 0.25) is 0 Å². The van der Waals surface area contributed by atoms with E-state index in [1.54, 1.807) is 24.3 Å². The molecular formula is C14H20N2O4. The molecule has 0 aliphatic carbocycles. The monoisotopic (exact) mass is 280 g/mol. The van der Waals surface area contributed by atoms with Crippen molar-refractivity contribution in [2.45, 2.75) is 19.9 Å². The van der Waals surface area contributed by atoms with Crippen LogP contribution in [0.25, 0.3) is 0 Å². The van der Waals surface area contributed by atoms with Gasteiger partial charge in [-0.3, -0.25) is 4.79 Å². The number of nitrogens with two attached hydrogens (primary N) is 1. The summed E-state index contributed by atoms with van der Waals surface area (Å²) >= 11 is 0. The molecule has 20 heavy (non-hydrogen) atoms. The van der Waals surface area contributed by atoms with Crippen molar-refractivity contribution in [3.05, 3.63) is 24.3 Å². The fourth-order valence-corrected chi connectivity index (χ4v) is 1.59. The molecule has 0 fully saturated rings. The highest BCUT2D eigenvalue weighted by atomic mass is 16.5. The Hall–Kier alpha value is -2.24. The first-order valence-electron chi connectivity index (χ1n) is 6.29. The summed E-state index contributed by atoms with van der Waals surface area (Å²) in [4.78, 5) is 23.3. The molecule has 1 atom stereocenters. The molecule has 0 spiro atoms. The maximum absolute atomic E-state index is 11.8. The number of carbonyl (C=O) groups excluding carboxylic acids is 2. The second-order valence-corrected chi connectivity index (χ2v) is 4.67. The van der Waals surface area contributed by atoms with Crippen LogP contribution >= 0.6 is 0 Å². The maximum atomic E-state index is 11.8. The van der Waals surface area contributed by atoms with E-state index in [1.807, 2.05) is 13.8 Å². The molecule has 0 aromatic heterocycles. The molecule has 6 nitrogen and oxygen atoms in total. The van der Waals surface area contributed by atoms with E-state index in [0.717, 1.165) is 0 Å². The molecule has 1 unspecified atom stereocenters. The molecule has 0 radical (unpaired) electrons. The van der Waals surface area contributed by atoms with Crippen molar-refractivity contribution in [1.29, 1.82) is 0 Å². The molecule has 1 aromatic carbocycles. The van der Waals surface area contributed by atoms with Crippen LogP contribution in [0.1, 0.15) is 13.8 Å². The van der Waals surface area contributed by atoms with Gasteiger partial charge in [-0.1, -0.05) is 19.9 Å². The largest absolute Gasteiger partial charge is 0.484 e. The third-order valence-corrected chi connectivity index (χ3v) is 2.67. The van der Waals surface area contributed by atoms with Gasteiger partial charge in [-0.25, -0.2) is 4.79 Å². The van der Waals surface area contributed by atoms with Gasteiger partial charge in [-0.05, 0) is 18.1 Å². The van der Waals surface area contributed by atoms with Gasteiger partial charge in [-0.2, -0.15) is 0 Å². The standard InChI is InChI=1S/C14H20N2O4/c1-9(2)13(14(18)19-3)16-12(17)8-20-11-6-4-5-10(15)7-11/h4-7,9,13H,8,15H2,1-3H3,(H,16,17). The minimum absolute atomic E-state index is 0.0706. The van der Waals surface area contributed by atoms with Crippen LogP contribution in [0.5, 0.6) is 5.75 Å². The number of amides is 1. The lowest BCUT2D eigenvalue weighted by Crippen LogP contribution is -2.46. The van der Waals surface area contributed by atoms with E-state index in [-0.39, 0.29) is 12.5 Å². The first kappa shape index (κ1) is 15.8. The number of hydrogen-bond donors (Lipinski definition) is 2. The molecule has 1 rings (SSSR count). The second-order valence-electron chi connectivity index (χ2n) is 4.67.